The Labute approximate surface area is 152 Å². The van der Waals surface area contributed by atoms with Crippen molar-refractivity contribution in [3.63, 3.8) is 0 Å². The van der Waals surface area contributed by atoms with Crippen molar-refractivity contribution in [3.05, 3.63) is 35.8 Å². The van der Waals surface area contributed by atoms with E-state index < -0.39 is 0 Å². The minimum Gasteiger partial charge on any atom is -0.381 e. The van der Waals surface area contributed by atoms with Gasteiger partial charge in [-0.2, -0.15) is 0 Å². The van der Waals surface area contributed by atoms with E-state index in [2.05, 4.69) is 15.2 Å². The van der Waals surface area contributed by atoms with E-state index in [0.717, 1.165) is 62.2 Å². The van der Waals surface area contributed by atoms with Crippen molar-refractivity contribution >= 4 is 16.8 Å². The average molecular weight is 359 g/mol. The number of rotatable bonds is 5. The third-order valence-corrected chi connectivity index (χ3v) is 5.57. The van der Waals surface area contributed by atoms with E-state index in [1.807, 2.05) is 0 Å². The first-order valence-corrected chi connectivity index (χ1v) is 9.52. The summed E-state index contributed by atoms with van der Waals surface area (Å²) in [5, 5.41) is 3.94. The number of carbonyl (C=O) groups is 1. The molecule has 0 spiro atoms. The van der Waals surface area contributed by atoms with Crippen LogP contribution in [0.2, 0.25) is 0 Å². The minimum absolute atomic E-state index is 0.0119. The van der Waals surface area contributed by atoms with Crippen molar-refractivity contribution in [3.8, 4) is 0 Å². The summed E-state index contributed by atoms with van der Waals surface area (Å²) in [7, 11) is 0. The van der Waals surface area contributed by atoms with Gasteiger partial charge in [0.2, 0.25) is 5.91 Å². The van der Waals surface area contributed by atoms with Gasteiger partial charge in [-0.1, -0.05) is 0 Å². The summed E-state index contributed by atoms with van der Waals surface area (Å²) in [5.41, 5.74) is 1.70. The zero-order valence-electron chi connectivity index (χ0n) is 15.0. The van der Waals surface area contributed by atoms with Crippen LogP contribution in [0, 0.1) is 11.7 Å². The number of hydrogen-bond acceptors (Lipinski definition) is 3. The third-order valence-electron chi connectivity index (χ3n) is 5.57. The van der Waals surface area contributed by atoms with Gasteiger partial charge >= 0.3 is 0 Å². The summed E-state index contributed by atoms with van der Waals surface area (Å²) < 4.78 is 18.9. The smallest absolute Gasteiger partial charge is 0.224 e. The van der Waals surface area contributed by atoms with Crippen LogP contribution in [0.3, 0.4) is 0 Å². The van der Waals surface area contributed by atoms with Crippen LogP contribution in [0.5, 0.6) is 0 Å². The van der Waals surface area contributed by atoms with Crippen molar-refractivity contribution in [2.75, 3.05) is 32.8 Å². The van der Waals surface area contributed by atoms with Crippen LogP contribution in [-0.4, -0.2) is 54.7 Å². The summed E-state index contributed by atoms with van der Waals surface area (Å²) in [5.74, 6) is 0.403. The lowest BCUT2D eigenvalue weighted by Gasteiger charge is -2.33. The minimum atomic E-state index is -0.279. The van der Waals surface area contributed by atoms with Gasteiger partial charge in [0.1, 0.15) is 5.82 Å². The molecule has 1 aromatic heterocycles. The highest BCUT2D eigenvalue weighted by molar-refractivity contribution is 5.89. The molecule has 1 amide bonds. The summed E-state index contributed by atoms with van der Waals surface area (Å²) in [6.45, 7) is 4.96. The molecule has 0 aliphatic carbocycles. The van der Waals surface area contributed by atoms with Gasteiger partial charge < -0.3 is 19.9 Å². The molecule has 2 fully saturated rings. The first kappa shape index (κ1) is 17.5. The SMILES string of the molecule is O=C(Cc1c[nH]c2ccc(F)cc12)NC1CCN(CC2CCOC2)CC1. The van der Waals surface area contributed by atoms with Gasteiger partial charge in [-0.15, -0.1) is 0 Å². The highest BCUT2D eigenvalue weighted by atomic mass is 19.1. The number of likely N-dealkylation sites (tertiary alicyclic amines) is 1. The molecule has 26 heavy (non-hydrogen) atoms. The van der Waals surface area contributed by atoms with E-state index in [-0.39, 0.29) is 24.2 Å². The fraction of sp³-hybridized carbons (Fsp3) is 0.550. The lowest BCUT2D eigenvalue weighted by atomic mass is 10.0. The molecule has 3 heterocycles. The molecule has 1 atom stereocenters. The van der Waals surface area contributed by atoms with Crippen LogP contribution < -0.4 is 5.32 Å². The molecule has 2 aliphatic rings. The molecule has 1 aromatic carbocycles. The molecule has 0 saturated carbocycles. The summed E-state index contributed by atoms with van der Waals surface area (Å²) in [4.78, 5) is 18.0. The Morgan fingerprint density at radius 3 is 2.92 bits per heavy atom. The van der Waals surface area contributed by atoms with Crippen LogP contribution in [0.15, 0.2) is 24.4 Å². The van der Waals surface area contributed by atoms with E-state index >= 15 is 0 Å². The maximum Gasteiger partial charge on any atom is 0.224 e. The predicted molar refractivity (Wildman–Crippen MR) is 98.5 cm³/mol. The average Bonchev–Trinajstić information content (AvgIpc) is 3.27. The van der Waals surface area contributed by atoms with Crippen LogP contribution in [0.25, 0.3) is 10.9 Å². The van der Waals surface area contributed by atoms with Crippen molar-refractivity contribution in [2.45, 2.75) is 31.7 Å². The zero-order valence-corrected chi connectivity index (χ0v) is 15.0. The summed E-state index contributed by atoms with van der Waals surface area (Å²) >= 11 is 0. The van der Waals surface area contributed by atoms with Crippen molar-refractivity contribution < 1.29 is 13.9 Å². The molecule has 2 saturated heterocycles. The van der Waals surface area contributed by atoms with E-state index in [9.17, 15) is 9.18 Å². The Morgan fingerprint density at radius 2 is 2.15 bits per heavy atom. The number of aromatic nitrogens is 1. The van der Waals surface area contributed by atoms with E-state index in [1.54, 1.807) is 12.3 Å². The molecule has 4 rings (SSSR count). The quantitative estimate of drug-likeness (QED) is 0.862. The molecule has 2 aliphatic heterocycles. The van der Waals surface area contributed by atoms with E-state index in [1.165, 1.54) is 18.6 Å². The molecule has 140 valence electrons. The van der Waals surface area contributed by atoms with Crippen LogP contribution in [-0.2, 0) is 16.0 Å². The fourth-order valence-electron chi connectivity index (χ4n) is 4.10. The van der Waals surface area contributed by atoms with Crippen molar-refractivity contribution in [1.29, 1.82) is 0 Å². The molecular weight excluding hydrogens is 333 g/mol. The second-order valence-electron chi connectivity index (χ2n) is 7.55. The Balaban J connectivity index is 1.26. The number of halogens is 1. The molecule has 0 radical (unpaired) electrons. The van der Waals surface area contributed by atoms with Gasteiger partial charge in [0, 0.05) is 49.4 Å². The topological polar surface area (TPSA) is 57.4 Å². The third kappa shape index (κ3) is 4.07. The number of aromatic amines is 1. The second-order valence-corrected chi connectivity index (χ2v) is 7.55. The van der Waals surface area contributed by atoms with E-state index in [4.69, 9.17) is 4.74 Å². The largest absolute Gasteiger partial charge is 0.381 e. The fourth-order valence-corrected chi connectivity index (χ4v) is 4.10. The second kappa shape index (κ2) is 7.76. The number of carbonyl (C=O) groups excluding carboxylic acids is 1. The number of H-pyrrole nitrogens is 1. The molecule has 2 N–H and O–H groups in total. The van der Waals surface area contributed by atoms with Gasteiger partial charge in [0.25, 0.3) is 0 Å². The first-order valence-electron chi connectivity index (χ1n) is 9.52. The summed E-state index contributed by atoms with van der Waals surface area (Å²) in [6, 6.07) is 4.85. The van der Waals surface area contributed by atoms with Gasteiger partial charge in [-0.25, -0.2) is 4.39 Å². The molecule has 2 aromatic rings. The van der Waals surface area contributed by atoms with Crippen LogP contribution >= 0.6 is 0 Å². The number of fused-ring (bicyclic) bond motifs is 1. The molecular formula is C20H26FN3O2. The maximum absolute atomic E-state index is 13.5. The number of amides is 1. The van der Waals surface area contributed by atoms with Gasteiger partial charge in [0.05, 0.1) is 13.0 Å². The van der Waals surface area contributed by atoms with Crippen LogP contribution in [0.4, 0.5) is 4.39 Å². The molecule has 5 nitrogen and oxygen atoms in total. The van der Waals surface area contributed by atoms with Crippen molar-refractivity contribution in [1.82, 2.24) is 15.2 Å². The Morgan fingerprint density at radius 1 is 1.31 bits per heavy atom. The normalized spacial score (nSPS) is 22.1. The first-order chi connectivity index (χ1) is 12.7. The molecule has 1 unspecified atom stereocenters. The zero-order chi connectivity index (χ0) is 17.9. The predicted octanol–water partition coefficient (Wildman–Crippen LogP) is 2.47. The molecule has 0 bridgehead atoms. The number of hydrogen-bond donors (Lipinski definition) is 2. The summed E-state index contributed by atoms with van der Waals surface area (Å²) in [6.07, 6.45) is 5.23. The van der Waals surface area contributed by atoms with Crippen LogP contribution in [0.1, 0.15) is 24.8 Å². The number of ether oxygens (including phenoxy) is 1. The van der Waals surface area contributed by atoms with E-state index in [0.29, 0.717) is 5.92 Å². The number of nitrogens with one attached hydrogen (secondary N) is 2. The number of benzene rings is 1. The van der Waals surface area contributed by atoms with Gasteiger partial charge in [-0.05, 0) is 48.9 Å². The monoisotopic (exact) mass is 359 g/mol. The maximum atomic E-state index is 13.5. The molecule has 6 heteroatoms. The lowest BCUT2D eigenvalue weighted by molar-refractivity contribution is -0.121. The van der Waals surface area contributed by atoms with Gasteiger partial charge in [0.15, 0.2) is 0 Å². The Hall–Kier alpha value is -1.92. The Kier molecular flexibility index (Phi) is 5.22. The van der Waals surface area contributed by atoms with Gasteiger partial charge in [-0.3, -0.25) is 4.79 Å². The lowest BCUT2D eigenvalue weighted by Crippen LogP contribution is -2.46. The van der Waals surface area contributed by atoms with Crippen molar-refractivity contribution in [2.24, 2.45) is 5.92 Å². The number of piperidine rings is 1. The number of nitrogens with zero attached hydrogens (tertiary/aromatic N) is 1. The Bertz CT molecular complexity index is 762. The standard InChI is InChI=1S/C20H26FN3O2/c21-16-1-2-19-18(10-16)15(11-22-19)9-20(25)23-17-3-6-24(7-4-17)12-14-5-8-26-13-14/h1-2,10-11,14,17,22H,3-9,12-13H2,(H,23,25). The highest BCUT2D eigenvalue weighted by Crippen LogP contribution is 2.21. The highest BCUT2D eigenvalue weighted by Gasteiger charge is 2.24.